The quantitative estimate of drug-likeness (QED) is 0.829. The Hall–Kier alpha value is -1.77. The van der Waals surface area contributed by atoms with Gasteiger partial charge < -0.3 is 15.0 Å². The minimum Gasteiger partial charge on any atom is -0.390 e. The predicted molar refractivity (Wildman–Crippen MR) is 96.4 cm³/mol. The summed E-state index contributed by atoms with van der Waals surface area (Å²) in [5.74, 6) is -0.0897. The Bertz CT molecular complexity index is 741. The number of β-amino-alcohol motifs (C(OH)–C–C–N with tert-alkyl or cyclic N) is 1. The lowest BCUT2D eigenvalue weighted by Gasteiger charge is -2.36. The lowest BCUT2D eigenvalue weighted by Crippen LogP contribution is -2.54. The van der Waals surface area contributed by atoms with Gasteiger partial charge >= 0.3 is 0 Å². The highest BCUT2D eigenvalue weighted by Gasteiger charge is 2.29. The normalized spacial score (nSPS) is 21.4. The SMILES string of the molecule is Cc1nc(CN2CC[C@@H](NC(=O)Cn3cnc(C)c3C)[C@H](O)C2)cs1. The van der Waals surface area contributed by atoms with Gasteiger partial charge in [0.15, 0.2) is 0 Å². The smallest absolute Gasteiger partial charge is 0.240 e. The highest BCUT2D eigenvalue weighted by Crippen LogP contribution is 2.16. The predicted octanol–water partition coefficient (Wildman–Crippen LogP) is 1.02. The van der Waals surface area contributed by atoms with E-state index in [-0.39, 0.29) is 18.5 Å². The first kappa shape index (κ1) is 18.0. The Morgan fingerprint density at radius 2 is 2.24 bits per heavy atom. The van der Waals surface area contributed by atoms with Gasteiger partial charge in [0, 0.05) is 30.7 Å². The largest absolute Gasteiger partial charge is 0.390 e. The molecule has 0 radical (unpaired) electrons. The van der Waals surface area contributed by atoms with Gasteiger partial charge in [0.05, 0.1) is 34.9 Å². The molecule has 2 aromatic rings. The fourth-order valence-electron chi connectivity index (χ4n) is 3.13. The number of rotatable bonds is 5. The van der Waals surface area contributed by atoms with Crippen LogP contribution in [0.2, 0.25) is 0 Å². The fraction of sp³-hybridized carbons (Fsp3) is 0.588. The summed E-state index contributed by atoms with van der Waals surface area (Å²) in [5, 5.41) is 16.5. The van der Waals surface area contributed by atoms with Crippen molar-refractivity contribution in [1.29, 1.82) is 0 Å². The number of nitrogens with zero attached hydrogens (tertiary/aromatic N) is 4. The molecule has 3 heterocycles. The molecule has 1 aliphatic heterocycles. The Morgan fingerprint density at radius 1 is 1.44 bits per heavy atom. The number of piperidine rings is 1. The van der Waals surface area contributed by atoms with Crippen LogP contribution >= 0.6 is 11.3 Å². The van der Waals surface area contributed by atoms with Gasteiger partial charge in [0.1, 0.15) is 6.54 Å². The van der Waals surface area contributed by atoms with Crippen LogP contribution in [0.3, 0.4) is 0 Å². The molecule has 0 bridgehead atoms. The molecule has 2 N–H and O–H groups in total. The van der Waals surface area contributed by atoms with Crippen LogP contribution in [0.25, 0.3) is 0 Å². The third-order valence-electron chi connectivity index (χ3n) is 4.72. The van der Waals surface area contributed by atoms with Crippen molar-refractivity contribution in [3.05, 3.63) is 33.8 Å². The second-order valence-electron chi connectivity index (χ2n) is 6.67. The molecule has 0 unspecified atom stereocenters. The average molecular weight is 363 g/mol. The van der Waals surface area contributed by atoms with E-state index >= 15 is 0 Å². The number of imidazole rings is 1. The van der Waals surface area contributed by atoms with Gasteiger partial charge in [0.2, 0.25) is 5.91 Å². The molecule has 136 valence electrons. The maximum Gasteiger partial charge on any atom is 0.240 e. The van der Waals surface area contributed by atoms with Gasteiger partial charge in [-0.25, -0.2) is 9.97 Å². The van der Waals surface area contributed by atoms with Crippen molar-refractivity contribution >= 4 is 17.2 Å². The molecule has 1 amide bonds. The number of aliphatic hydroxyl groups excluding tert-OH is 1. The minimum atomic E-state index is -0.567. The Labute approximate surface area is 151 Å². The van der Waals surface area contributed by atoms with Crippen molar-refractivity contribution in [3.63, 3.8) is 0 Å². The van der Waals surface area contributed by atoms with Crippen LogP contribution < -0.4 is 5.32 Å². The summed E-state index contributed by atoms with van der Waals surface area (Å²) in [7, 11) is 0. The van der Waals surface area contributed by atoms with E-state index in [0.717, 1.165) is 41.6 Å². The Morgan fingerprint density at radius 3 is 2.84 bits per heavy atom. The van der Waals surface area contributed by atoms with Crippen LogP contribution in [0, 0.1) is 20.8 Å². The van der Waals surface area contributed by atoms with E-state index in [4.69, 9.17) is 0 Å². The molecule has 0 aromatic carbocycles. The van der Waals surface area contributed by atoms with Crippen LogP contribution in [-0.2, 0) is 17.9 Å². The Kier molecular flexibility index (Phi) is 5.51. The molecule has 7 nitrogen and oxygen atoms in total. The van der Waals surface area contributed by atoms with Crippen LogP contribution in [0.15, 0.2) is 11.7 Å². The van der Waals surface area contributed by atoms with E-state index in [0.29, 0.717) is 6.54 Å². The van der Waals surface area contributed by atoms with Gasteiger partial charge in [-0.1, -0.05) is 0 Å². The van der Waals surface area contributed by atoms with Gasteiger partial charge in [-0.3, -0.25) is 9.69 Å². The first-order chi connectivity index (χ1) is 11.9. The van der Waals surface area contributed by atoms with E-state index < -0.39 is 6.10 Å². The number of carbonyl (C=O) groups is 1. The molecule has 1 aliphatic rings. The average Bonchev–Trinajstić information content (AvgIpc) is 3.10. The highest BCUT2D eigenvalue weighted by molar-refractivity contribution is 7.09. The van der Waals surface area contributed by atoms with Crippen molar-refractivity contribution < 1.29 is 9.90 Å². The highest BCUT2D eigenvalue weighted by atomic mass is 32.1. The summed E-state index contributed by atoms with van der Waals surface area (Å²) in [4.78, 5) is 23.1. The van der Waals surface area contributed by atoms with Crippen molar-refractivity contribution in [1.82, 2.24) is 24.8 Å². The van der Waals surface area contributed by atoms with Crippen LogP contribution in [-0.4, -0.2) is 55.7 Å². The van der Waals surface area contributed by atoms with Crippen LogP contribution in [0.4, 0.5) is 0 Å². The lowest BCUT2D eigenvalue weighted by molar-refractivity contribution is -0.124. The first-order valence-corrected chi connectivity index (χ1v) is 9.39. The molecule has 25 heavy (non-hydrogen) atoms. The van der Waals surface area contributed by atoms with E-state index in [1.54, 1.807) is 17.7 Å². The van der Waals surface area contributed by atoms with E-state index in [1.807, 2.05) is 25.3 Å². The number of aliphatic hydroxyl groups is 1. The number of thiazole rings is 1. The van der Waals surface area contributed by atoms with Gasteiger partial charge in [-0.15, -0.1) is 11.3 Å². The number of aromatic nitrogens is 3. The molecule has 2 atom stereocenters. The lowest BCUT2D eigenvalue weighted by atomic mass is 10.0. The maximum absolute atomic E-state index is 12.3. The van der Waals surface area contributed by atoms with Crippen molar-refractivity contribution in [2.24, 2.45) is 0 Å². The van der Waals surface area contributed by atoms with Gasteiger partial charge in [-0.05, 0) is 27.2 Å². The third-order valence-corrected chi connectivity index (χ3v) is 5.55. The molecule has 0 aliphatic carbocycles. The summed E-state index contributed by atoms with van der Waals surface area (Å²) in [6.07, 6.45) is 1.85. The number of carbonyl (C=O) groups excluding carboxylic acids is 1. The topological polar surface area (TPSA) is 83.3 Å². The number of aryl methyl sites for hydroxylation is 2. The summed E-state index contributed by atoms with van der Waals surface area (Å²) in [6.45, 7) is 8.23. The van der Waals surface area contributed by atoms with E-state index in [1.165, 1.54) is 0 Å². The summed E-state index contributed by atoms with van der Waals surface area (Å²) >= 11 is 1.64. The molecule has 1 fully saturated rings. The second kappa shape index (κ2) is 7.63. The number of amides is 1. The summed E-state index contributed by atoms with van der Waals surface area (Å²) in [5.41, 5.74) is 2.96. The monoisotopic (exact) mass is 363 g/mol. The number of likely N-dealkylation sites (tertiary alicyclic amines) is 1. The fourth-order valence-corrected chi connectivity index (χ4v) is 3.73. The zero-order valence-electron chi connectivity index (χ0n) is 14.9. The molecular formula is C17H25N5O2S. The van der Waals surface area contributed by atoms with Crippen LogP contribution in [0.5, 0.6) is 0 Å². The summed E-state index contributed by atoms with van der Waals surface area (Å²) in [6, 6.07) is -0.203. The number of hydrogen-bond donors (Lipinski definition) is 2. The zero-order valence-corrected chi connectivity index (χ0v) is 15.7. The maximum atomic E-state index is 12.3. The van der Waals surface area contributed by atoms with Crippen molar-refractivity contribution in [2.45, 2.75) is 52.4 Å². The van der Waals surface area contributed by atoms with Gasteiger partial charge in [-0.2, -0.15) is 0 Å². The zero-order chi connectivity index (χ0) is 18.0. The Balaban J connectivity index is 1.49. The number of nitrogens with one attached hydrogen (secondary N) is 1. The molecule has 0 spiro atoms. The van der Waals surface area contributed by atoms with Gasteiger partial charge in [0.25, 0.3) is 0 Å². The molecule has 2 aromatic heterocycles. The standard InChI is InChI=1S/C17H25N5O2S/c1-11-12(2)22(10-18-11)8-17(24)20-15-4-5-21(7-16(15)23)6-14-9-25-13(3)19-14/h9-10,15-16,23H,4-8H2,1-3H3,(H,20,24)/t15-,16-/m1/s1. The van der Waals surface area contributed by atoms with Crippen molar-refractivity contribution in [2.75, 3.05) is 13.1 Å². The minimum absolute atomic E-state index is 0.0897. The molecule has 0 saturated carbocycles. The molecule has 1 saturated heterocycles. The van der Waals surface area contributed by atoms with Crippen LogP contribution in [0.1, 0.15) is 28.5 Å². The van der Waals surface area contributed by atoms with E-state index in [9.17, 15) is 9.90 Å². The molecule has 3 rings (SSSR count). The van der Waals surface area contributed by atoms with Crippen molar-refractivity contribution in [3.8, 4) is 0 Å². The summed E-state index contributed by atoms with van der Waals surface area (Å²) < 4.78 is 1.83. The number of hydrogen-bond acceptors (Lipinski definition) is 6. The third kappa shape index (κ3) is 4.45. The van der Waals surface area contributed by atoms with E-state index in [2.05, 4.69) is 25.6 Å². The second-order valence-corrected chi connectivity index (χ2v) is 7.73. The molecular weight excluding hydrogens is 338 g/mol. The molecule has 8 heteroatoms. The first-order valence-electron chi connectivity index (χ1n) is 8.51.